The van der Waals surface area contributed by atoms with E-state index in [9.17, 15) is 9.59 Å². The van der Waals surface area contributed by atoms with Crippen molar-refractivity contribution >= 4 is 17.9 Å². The quantitative estimate of drug-likeness (QED) is 0.214. The van der Waals surface area contributed by atoms with Crippen molar-refractivity contribution in [3.63, 3.8) is 0 Å². The van der Waals surface area contributed by atoms with Gasteiger partial charge in [0.1, 0.15) is 0 Å². The van der Waals surface area contributed by atoms with Crippen LogP contribution in [0.3, 0.4) is 0 Å². The largest absolute Gasteiger partial charge is 0.352 e. The van der Waals surface area contributed by atoms with Crippen LogP contribution in [-0.2, 0) is 9.59 Å². The van der Waals surface area contributed by atoms with Crippen LogP contribution in [0.2, 0.25) is 0 Å². The van der Waals surface area contributed by atoms with E-state index in [1.54, 1.807) is 12.4 Å². The molecule has 0 heterocycles. The maximum absolute atomic E-state index is 12.0. The second kappa shape index (κ2) is 11.2. The number of carbonyl (C=O) groups excluding carboxylic acids is 2. The molecule has 0 fully saturated rings. The van der Waals surface area contributed by atoms with Crippen LogP contribution in [-0.4, -0.2) is 23.6 Å². The number of allylic oxidation sites excluding steroid dienone is 2. The van der Waals surface area contributed by atoms with Gasteiger partial charge in [-0.05, 0) is 32.3 Å². The number of unbranched alkanes of at least 4 members (excludes halogenated alkanes) is 2. The fraction of sp³-hybridized carbons (Fsp3) is 0.368. The molecule has 5 nitrogen and oxygen atoms in total. The molecule has 0 aromatic heterocycles. The van der Waals surface area contributed by atoms with Crippen molar-refractivity contribution in [1.29, 1.82) is 0 Å². The molecule has 0 aliphatic heterocycles. The lowest BCUT2D eigenvalue weighted by atomic mass is 10.1. The zero-order valence-electron chi connectivity index (χ0n) is 14.3. The van der Waals surface area contributed by atoms with Crippen molar-refractivity contribution in [3.05, 3.63) is 53.1 Å². The van der Waals surface area contributed by atoms with Crippen LogP contribution in [0.25, 0.3) is 6.08 Å². The minimum Gasteiger partial charge on any atom is -0.352 e. The smallest absolute Gasteiger partial charge is 0.246 e. The van der Waals surface area contributed by atoms with E-state index < -0.39 is 0 Å². The minimum atomic E-state index is -0.376. The van der Waals surface area contributed by atoms with E-state index in [0.717, 1.165) is 24.0 Å². The van der Waals surface area contributed by atoms with E-state index in [-0.39, 0.29) is 11.8 Å². The first kappa shape index (κ1) is 19.6. The lowest BCUT2D eigenvalue weighted by molar-refractivity contribution is -0.129. The van der Waals surface area contributed by atoms with E-state index in [4.69, 9.17) is 5.21 Å². The van der Waals surface area contributed by atoms with Gasteiger partial charge in [-0.3, -0.25) is 14.8 Å². The Bertz CT molecular complexity index is 592. The number of nitrogens with one attached hydrogen (secondary N) is 2. The van der Waals surface area contributed by atoms with E-state index in [2.05, 4.69) is 5.32 Å². The molecule has 0 aliphatic rings. The summed E-state index contributed by atoms with van der Waals surface area (Å²) in [5.41, 5.74) is 4.39. The van der Waals surface area contributed by atoms with Gasteiger partial charge < -0.3 is 5.32 Å². The Hall–Kier alpha value is -2.40. The van der Waals surface area contributed by atoms with Gasteiger partial charge in [-0.25, -0.2) is 5.48 Å². The van der Waals surface area contributed by atoms with Crippen LogP contribution in [0, 0.1) is 0 Å². The Labute approximate surface area is 143 Å². The number of amides is 2. The number of hydrogen-bond donors (Lipinski definition) is 3. The molecule has 130 valence electrons. The molecule has 0 bridgehead atoms. The molecule has 0 radical (unpaired) electrons. The molecular weight excluding hydrogens is 304 g/mol. The average molecular weight is 330 g/mol. The minimum absolute atomic E-state index is 0.0797. The molecule has 0 atom stereocenters. The molecule has 24 heavy (non-hydrogen) atoms. The van der Waals surface area contributed by atoms with Crippen molar-refractivity contribution < 1.29 is 14.8 Å². The summed E-state index contributed by atoms with van der Waals surface area (Å²) >= 11 is 0. The molecule has 0 saturated carbocycles. The lowest BCUT2D eigenvalue weighted by Crippen LogP contribution is -2.25. The highest BCUT2D eigenvalue weighted by Gasteiger charge is 2.04. The summed E-state index contributed by atoms with van der Waals surface area (Å²) in [4.78, 5) is 22.8. The van der Waals surface area contributed by atoms with Gasteiger partial charge in [0.05, 0.1) is 0 Å². The molecule has 1 aromatic carbocycles. The molecule has 0 unspecified atom stereocenters. The molecule has 1 aromatic rings. The Morgan fingerprint density at radius 2 is 1.79 bits per heavy atom. The Morgan fingerprint density at radius 1 is 1.08 bits per heavy atom. The number of rotatable bonds is 9. The molecule has 0 saturated heterocycles. The van der Waals surface area contributed by atoms with E-state index in [1.165, 1.54) is 0 Å². The summed E-state index contributed by atoms with van der Waals surface area (Å²) < 4.78 is 0. The number of hydroxylamine groups is 1. The molecular formula is C19H26N2O3. The van der Waals surface area contributed by atoms with Crippen molar-refractivity contribution in [2.75, 3.05) is 6.54 Å². The third-order valence-corrected chi connectivity index (χ3v) is 3.49. The normalized spacial score (nSPS) is 12.0. The standard InChI is InChI=1S/C19H26N2O3/c1-15(14-17-9-5-3-6-10-17)13-16(2)19(23)20-12-8-4-7-11-18(22)21-24/h3,5-6,9-10,13-14,24H,4,7-8,11-12H2,1-2H3,(H,20,23)(H,21,22). The summed E-state index contributed by atoms with van der Waals surface area (Å²) in [5, 5.41) is 11.2. The average Bonchev–Trinajstić information content (AvgIpc) is 2.58. The Kier molecular flexibility index (Phi) is 9.16. The van der Waals surface area contributed by atoms with E-state index >= 15 is 0 Å². The molecule has 5 heteroatoms. The summed E-state index contributed by atoms with van der Waals surface area (Å²) in [6, 6.07) is 9.96. The monoisotopic (exact) mass is 330 g/mol. The first-order valence-electron chi connectivity index (χ1n) is 8.15. The zero-order valence-corrected chi connectivity index (χ0v) is 14.3. The molecule has 0 spiro atoms. The van der Waals surface area contributed by atoms with Gasteiger partial charge in [0, 0.05) is 18.5 Å². The highest BCUT2D eigenvalue weighted by Crippen LogP contribution is 2.09. The van der Waals surface area contributed by atoms with E-state index in [0.29, 0.717) is 25.0 Å². The molecule has 2 amide bonds. The topological polar surface area (TPSA) is 78.4 Å². The van der Waals surface area contributed by atoms with Gasteiger partial charge in [-0.15, -0.1) is 0 Å². The van der Waals surface area contributed by atoms with E-state index in [1.807, 2.05) is 49.4 Å². The van der Waals surface area contributed by atoms with Crippen LogP contribution in [0.1, 0.15) is 45.1 Å². The summed E-state index contributed by atoms with van der Waals surface area (Å²) in [6.45, 7) is 4.34. The van der Waals surface area contributed by atoms with Crippen molar-refractivity contribution in [2.45, 2.75) is 39.5 Å². The van der Waals surface area contributed by atoms with Crippen LogP contribution in [0.4, 0.5) is 0 Å². The van der Waals surface area contributed by atoms with Crippen molar-refractivity contribution in [1.82, 2.24) is 10.8 Å². The second-order valence-electron chi connectivity index (χ2n) is 5.73. The Morgan fingerprint density at radius 3 is 2.46 bits per heavy atom. The molecule has 0 aliphatic carbocycles. The summed E-state index contributed by atoms with van der Waals surface area (Å²) in [7, 11) is 0. The maximum atomic E-state index is 12.0. The Balaban J connectivity index is 2.33. The van der Waals surface area contributed by atoms with Crippen LogP contribution < -0.4 is 10.8 Å². The van der Waals surface area contributed by atoms with Gasteiger partial charge in [0.2, 0.25) is 11.8 Å². The van der Waals surface area contributed by atoms with Crippen LogP contribution >= 0.6 is 0 Å². The maximum Gasteiger partial charge on any atom is 0.246 e. The predicted octanol–water partition coefficient (Wildman–Crippen LogP) is 3.22. The van der Waals surface area contributed by atoms with Crippen molar-refractivity contribution in [3.8, 4) is 0 Å². The first-order chi connectivity index (χ1) is 11.5. The number of benzene rings is 1. The predicted molar refractivity (Wildman–Crippen MR) is 95.3 cm³/mol. The third-order valence-electron chi connectivity index (χ3n) is 3.49. The summed E-state index contributed by atoms with van der Waals surface area (Å²) in [5.74, 6) is -0.456. The van der Waals surface area contributed by atoms with Crippen molar-refractivity contribution in [2.24, 2.45) is 0 Å². The highest BCUT2D eigenvalue weighted by molar-refractivity contribution is 5.93. The van der Waals surface area contributed by atoms with Gasteiger partial charge in [-0.1, -0.05) is 54.5 Å². The summed E-state index contributed by atoms with van der Waals surface area (Å²) in [6.07, 6.45) is 6.51. The van der Waals surface area contributed by atoms with Gasteiger partial charge in [0.15, 0.2) is 0 Å². The molecule has 3 N–H and O–H groups in total. The number of carbonyl (C=O) groups is 2. The third kappa shape index (κ3) is 8.29. The fourth-order valence-electron chi connectivity index (χ4n) is 2.25. The van der Waals surface area contributed by atoms with Gasteiger partial charge in [-0.2, -0.15) is 0 Å². The van der Waals surface area contributed by atoms with Crippen LogP contribution in [0.15, 0.2) is 47.6 Å². The highest BCUT2D eigenvalue weighted by atomic mass is 16.5. The lowest BCUT2D eigenvalue weighted by Gasteiger charge is -2.06. The van der Waals surface area contributed by atoms with Gasteiger partial charge >= 0.3 is 0 Å². The fourth-order valence-corrected chi connectivity index (χ4v) is 2.25. The molecule has 1 rings (SSSR count). The van der Waals surface area contributed by atoms with Crippen LogP contribution in [0.5, 0.6) is 0 Å². The zero-order chi connectivity index (χ0) is 17.8. The first-order valence-corrected chi connectivity index (χ1v) is 8.15. The second-order valence-corrected chi connectivity index (χ2v) is 5.73. The number of hydrogen-bond acceptors (Lipinski definition) is 3. The SMILES string of the molecule is CC(=Cc1ccccc1)C=C(C)C(=O)NCCCCCC(=O)NO. The van der Waals surface area contributed by atoms with Gasteiger partial charge in [0.25, 0.3) is 0 Å².